The minimum absolute atomic E-state index is 0.148. The monoisotopic (exact) mass is 187 g/mol. The van der Waals surface area contributed by atoms with Crippen LogP contribution in [0.25, 0.3) is 0 Å². The van der Waals surface area contributed by atoms with E-state index in [0.717, 1.165) is 0 Å². The van der Waals surface area contributed by atoms with Crippen LogP contribution < -0.4 is 16.8 Å². The zero-order valence-corrected chi connectivity index (χ0v) is 8.04. The Balaban J connectivity index is 3.76. The first-order chi connectivity index (χ1) is 5.93. The molecule has 0 aliphatic rings. The molecule has 0 heterocycles. The third-order valence-corrected chi connectivity index (χ3v) is 1.50. The molecule has 0 aromatic rings. The molecular formula is C8H17N3O2. The Labute approximate surface area is 77.8 Å². The predicted molar refractivity (Wildman–Crippen MR) is 49.6 cm³/mol. The van der Waals surface area contributed by atoms with E-state index in [1.807, 2.05) is 13.8 Å². The van der Waals surface area contributed by atoms with Gasteiger partial charge in [-0.2, -0.15) is 0 Å². The second-order valence-electron chi connectivity index (χ2n) is 3.42. The van der Waals surface area contributed by atoms with Crippen molar-refractivity contribution in [3.8, 4) is 0 Å². The fourth-order valence-electron chi connectivity index (χ4n) is 0.920. The second kappa shape index (κ2) is 5.53. The Morgan fingerprint density at radius 3 is 2.31 bits per heavy atom. The molecule has 5 N–H and O–H groups in total. The van der Waals surface area contributed by atoms with E-state index in [0.29, 0.717) is 12.3 Å². The van der Waals surface area contributed by atoms with Gasteiger partial charge in [-0.05, 0) is 12.3 Å². The lowest BCUT2D eigenvalue weighted by atomic mass is 10.0. The number of hydrogen-bond donors (Lipinski definition) is 3. The van der Waals surface area contributed by atoms with Gasteiger partial charge < -0.3 is 16.8 Å². The fourth-order valence-corrected chi connectivity index (χ4v) is 0.920. The van der Waals surface area contributed by atoms with Gasteiger partial charge in [0.15, 0.2) is 0 Å². The second-order valence-corrected chi connectivity index (χ2v) is 3.42. The van der Waals surface area contributed by atoms with Crippen LogP contribution in [0.3, 0.4) is 0 Å². The van der Waals surface area contributed by atoms with Crippen LogP contribution in [-0.2, 0) is 9.59 Å². The first kappa shape index (κ1) is 11.9. The van der Waals surface area contributed by atoms with Crippen molar-refractivity contribution in [2.24, 2.45) is 17.4 Å². The van der Waals surface area contributed by atoms with Crippen molar-refractivity contribution in [1.82, 2.24) is 5.32 Å². The van der Waals surface area contributed by atoms with Gasteiger partial charge in [0.2, 0.25) is 11.8 Å². The Hall–Kier alpha value is -1.10. The van der Waals surface area contributed by atoms with E-state index in [4.69, 9.17) is 11.5 Å². The van der Waals surface area contributed by atoms with Crippen LogP contribution in [0.5, 0.6) is 0 Å². The van der Waals surface area contributed by atoms with Crippen LogP contribution >= 0.6 is 0 Å². The molecule has 0 saturated carbocycles. The third kappa shape index (κ3) is 6.10. The minimum Gasteiger partial charge on any atom is -0.368 e. The molecule has 0 bridgehead atoms. The molecule has 5 nitrogen and oxygen atoms in total. The Kier molecular flexibility index (Phi) is 5.06. The SMILES string of the molecule is CC(C)CC(N)C(=O)NCC(N)=O. The van der Waals surface area contributed by atoms with Crippen LogP contribution in [0.1, 0.15) is 20.3 Å². The van der Waals surface area contributed by atoms with Gasteiger partial charge in [-0.1, -0.05) is 13.8 Å². The van der Waals surface area contributed by atoms with Gasteiger partial charge in [-0.15, -0.1) is 0 Å². The predicted octanol–water partition coefficient (Wildman–Crippen LogP) is -1.04. The van der Waals surface area contributed by atoms with Gasteiger partial charge in [0.05, 0.1) is 12.6 Å². The highest BCUT2D eigenvalue weighted by atomic mass is 16.2. The van der Waals surface area contributed by atoms with Gasteiger partial charge in [0.1, 0.15) is 0 Å². The van der Waals surface area contributed by atoms with E-state index in [-0.39, 0.29) is 12.5 Å². The number of rotatable bonds is 5. The molecule has 0 aromatic heterocycles. The van der Waals surface area contributed by atoms with Crippen molar-refractivity contribution in [2.45, 2.75) is 26.3 Å². The maximum Gasteiger partial charge on any atom is 0.237 e. The highest BCUT2D eigenvalue weighted by Gasteiger charge is 2.14. The molecule has 0 saturated heterocycles. The highest BCUT2D eigenvalue weighted by Crippen LogP contribution is 2.01. The van der Waals surface area contributed by atoms with E-state index in [9.17, 15) is 9.59 Å². The zero-order chi connectivity index (χ0) is 10.4. The summed E-state index contributed by atoms with van der Waals surface area (Å²) in [5, 5.41) is 2.35. The van der Waals surface area contributed by atoms with Crippen molar-refractivity contribution < 1.29 is 9.59 Å². The topological polar surface area (TPSA) is 98.2 Å². The number of primary amides is 1. The molecule has 1 unspecified atom stereocenters. The van der Waals surface area contributed by atoms with Gasteiger partial charge in [0.25, 0.3) is 0 Å². The number of carbonyl (C=O) groups excluding carboxylic acids is 2. The van der Waals surface area contributed by atoms with Crippen LogP contribution in [0, 0.1) is 5.92 Å². The van der Waals surface area contributed by atoms with Crippen molar-refractivity contribution >= 4 is 11.8 Å². The van der Waals surface area contributed by atoms with Gasteiger partial charge in [-0.3, -0.25) is 9.59 Å². The largest absolute Gasteiger partial charge is 0.368 e. The normalized spacial score (nSPS) is 12.6. The Morgan fingerprint density at radius 2 is 1.92 bits per heavy atom. The molecule has 0 spiro atoms. The van der Waals surface area contributed by atoms with Gasteiger partial charge in [0, 0.05) is 0 Å². The summed E-state index contributed by atoms with van der Waals surface area (Å²) in [6, 6.07) is -0.556. The Bertz CT molecular complexity index is 192. The van der Waals surface area contributed by atoms with E-state index in [1.54, 1.807) is 0 Å². The minimum atomic E-state index is -0.565. The summed E-state index contributed by atoms with van der Waals surface area (Å²) < 4.78 is 0. The van der Waals surface area contributed by atoms with Crippen molar-refractivity contribution in [3.05, 3.63) is 0 Å². The maximum atomic E-state index is 11.1. The summed E-state index contributed by atoms with van der Waals surface area (Å²) in [5.74, 6) is -0.535. The number of nitrogens with one attached hydrogen (secondary N) is 1. The molecule has 0 fully saturated rings. The molecule has 0 radical (unpaired) electrons. The number of amides is 2. The summed E-state index contributed by atoms with van der Waals surface area (Å²) in [6.45, 7) is 3.80. The molecule has 1 atom stereocenters. The average molecular weight is 187 g/mol. The highest BCUT2D eigenvalue weighted by molar-refractivity contribution is 5.86. The standard InChI is InChI=1S/C8H17N3O2/c1-5(2)3-6(9)8(13)11-4-7(10)12/h5-6H,3-4,9H2,1-2H3,(H2,10,12)(H,11,13). The number of nitrogens with two attached hydrogens (primary N) is 2. The molecule has 0 aliphatic carbocycles. The lowest BCUT2D eigenvalue weighted by Crippen LogP contribution is -2.44. The molecule has 0 aromatic carbocycles. The van der Waals surface area contributed by atoms with Crippen LogP contribution in [0.2, 0.25) is 0 Å². The molecule has 0 aliphatic heterocycles. The zero-order valence-electron chi connectivity index (χ0n) is 8.04. The number of carbonyl (C=O) groups is 2. The molecule has 5 heteroatoms. The summed E-state index contributed by atoms with van der Waals surface area (Å²) in [4.78, 5) is 21.5. The summed E-state index contributed by atoms with van der Waals surface area (Å²) in [7, 11) is 0. The van der Waals surface area contributed by atoms with Crippen molar-refractivity contribution in [1.29, 1.82) is 0 Å². The van der Waals surface area contributed by atoms with Gasteiger partial charge in [-0.25, -0.2) is 0 Å². The lowest BCUT2D eigenvalue weighted by molar-refractivity contribution is -0.125. The molecule has 76 valence electrons. The first-order valence-electron chi connectivity index (χ1n) is 4.25. The van der Waals surface area contributed by atoms with Crippen LogP contribution in [0.15, 0.2) is 0 Å². The van der Waals surface area contributed by atoms with Gasteiger partial charge >= 0.3 is 0 Å². The van der Waals surface area contributed by atoms with Crippen molar-refractivity contribution in [3.63, 3.8) is 0 Å². The summed E-state index contributed by atoms with van der Waals surface area (Å²) in [6.07, 6.45) is 0.602. The smallest absolute Gasteiger partial charge is 0.237 e. The van der Waals surface area contributed by atoms with Crippen LogP contribution in [-0.4, -0.2) is 24.4 Å². The van der Waals surface area contributed by atoms with E-state index < -0.39 is 11.9 Å². The first-order valence-corrected chi connectivity index (χ1v) is 4.25. The van der Waals surface area contributed by atoms with Crippen molar-refractivity contribution in [2.75, 3.05) is 6.54 Å². The molecule has 0 rings (SSSR count). The van der Waals surface area contributed by atoms with E-state index in [2.05, 4.69) is 5.32 Å². The lowest BCUT2D eigenvalue weighted by Gasteiger charge is -2.12. The maximum absolute atomic E-state index is 11.1. The average Bonchev–Trinajstić information content (AvgIpc) is 1.98. The quantitative estimate of drug-likeness (QED) is 0.512. The molecule has 2 amide bonds. The van der Waals surface area contributed by atoms with Crippen LogP contribution in [0.4, 0.5) is 0 Å². The Morgan fingerprint density at radius 1 is 1.38 bits per heavy atom. The fraction of sp³-hybridized carbons (Fsp3) is 0.750. The number of hydrogen-bond acceptors (Lipinski definition) is 3. The summed E-state index contributed by atoms with van der Waals surface area (Å²) in [5.41, 5.74) is 10.4. The van der Waals surface area contributed by atoms with E-state index >= 15 is 0 Å². The molecule has 13 heavy (non-hydrogen) atoms. The summed E-state index contributed by atoms with van der Waals surface area (Å²) >= 11 is 0. The van der Waals surface area contributed by atoms with E-state index in [1.165, 1.54) is 0 Å². The molecular weight excluding hydrogens is 170 g/mol. The third-order valence-electron chi connectivity index (χ3n) is 1.50.